The predicted octanol–water partition coefficient (Wildman–Crippen LogP) is 2.88. The van der Waals surface area contributed by atoms with Crippen molar-refractivity contribution in [2.45, 2.75) is 18.9 Å². The Morgan fingerprint density at radius 2 is 1.26 bits per heavy atom. The molecule has 0 saturated heterocycles. The van der Waals surface area contributed by atoms with E-state index in [1.165, 1.54) is 48.6 Å². The summed E-state index contributed by atoms with van der Waals surface area (Å²) in [5.41, 5.74) is 1.82. The van der Waals surface area contributed by atoms with Gasteiger partial charge in [0.2, 0.25) is 6.10 Å². The summed E-state index contributed by atoms with van der Waals surface area (Å²) in [7, 11) is 0. The lowest BCUT2D eigenvalue weighted by molar-refractivity contribution is -0.160. The van der Waals surface area contributed by atoms with Gasteiger partial charge in [-0.05, 0) is 76.7 Å². The van der Waals surface area contributed by atoms with E-state index in [9.17, 15) is 50.4 Å². The average molecular weight is 539 g/mol. The molecule has 0 aliphatic carbocycles. The number of carbonyl (C=O) groups excluding carboxylic acids is 1. The first kappa shape index (κ1) is 28.4. The van der Waals surface area contributed by atoms with Gasteiger partial charge in [0.1, 0.15) is 0 Å². The molecule has 0 amide bonds. The molecule has 3 aromatic rings. The molecule has 8 N–H and O–H groups in total. The van der Waals surface area contributed by atoms with Crippen molar-refractivity contribution in [3.8, 4) is 34.5 Å². The first-order chi connectivity index (χ1) is 18.5. The van der Waals surface area contributed by atoms with Crippen LogP contribution in [0.4, 0.5) is 0 Å². The largest absolute Gasteiger partial charge is 0.504 e. The molecule has 0 heterocycles. The number of aliphatic hydroxyl groups excluding tert-OH is 1. The van der Waals surface area contributed by atoms with Crippen molar-refractivity contribution in [1.82, 2.24) is 0 Å². The highest BCUT2D eigenvalue weighted by molar-refractivity contribution is 5.90. The Morgan fingerprint density at radius 3 is 1.85 bits per heavy atom. The van der Waals surface area contributed by atoms with E-state index in [1.54, 1.807) is 0 Å². The molecule has 0 spiro atoms. The van der Waals surface area contributed by atoms with Gasteiger partial charge in [0.25, 0.3) is 0 Å². The second-order valence-electron chi connectivity index (χ2n) is 8.44. The number of carboxylic acid groups (broad SMARTS) is 1. The van der Waals surface area contributed by atoms with E-state index in [1.807, 2.05) is 0 Å². The van der Waals surface area contributed by atoms with Crippen molar-refractivity contribution >= 4 is 30.2 Å². The molecule has 11 nitrogen and oxygen atoms in total. The smallest absolute Gasteiger partial charge is 0.345 e. The zero-order valence-electron chi connectivity index (χ0n) is 20.4. The summed E-state index contributed by atoms with van der Waals surface area (Å²) >= 11 is 0. The normalized spacial score (nSPS) is 12.1. The molecular weight excluding hydrogens is 512 g/mol. The van der Waals surface area contributed by atoms with Crippen molar-refractivity contribution in [2.75, 3.05) is 6.61 Å². The molecule has 0 aliphatic heterocycles. The van der Waals surface area contributed by atoms with Crippen LogP contribution in [0, 0.1) is 0 Å². The number of aliphatic hydroxyl groups is 1. The van der Waals surface area contributed by atoms with E-state index in [2.05, 4.69) is 0 Å². The maximum absolute atomic E-state index is 12.4. The van der Waals surface area contributed by atoms with E-state index in [0.29, 0.717) is 22.3 Å². The van der Waals surface area contributed by atoms with Crippen LogP contribution in [0.1, 0.15) is 27.8 Å². The fourth-order valence-electron chi connectivity index (χ4n) is 3.63. The molecule has 11 heteroatoms. The number of hydrogen-bond acceptors (Lipinski definition) is 10. The van der Waals surface area contributed by atoms with Crippen LogP contribution in [0.2, 0.25) is 0 Å². The molecule has 0 radical (unpaired) electrons. The average Bonchev–Trinajstić information content (AvgIpc) is 2.88. The third kappa shape index (κ3) is 7.43. The lowest BCUT2D eigenvalue weighted by Crippen LogP contribution is -2.28. The maximum Gasteiger partial charge on any atom is 0.345 e. The van der Waals surface area contributed by atoms with Crippen LogP contribution in [-0.4, -0.2) is 65.5 Å². The number of ether oxygens (including phenoxy) is 1. The van der Waals surface area contributed by atoms with Gasteiger partial charge in [0.15, 0.2) is 34.5 Å². The number of rotatable bonds is 10. The molecule has 3 rings (SSSR count). The van der Waals surface area contributed by atoms with Gasteiger partial charge in [-0.2, -0.15) is 0 Å². The molecule has 204 valence electrons. The van der Waals surface area contributed by atoms with Crippen LogP contribution in [0.3, 0.4) is 0 Å². The van der Waals surface area contributed by atoms with E-state index in [-0.39, 0.29) is 42.3 Å². The Kier molecular flexibility index (Phi) is 9.03. The lowest BCUT2D eigenvalue weighted by atomic mass is 10.00. The lowest BCUT2D eigenvalue weighted by Gasteiger charge is -2.13. The highest BCUT2D eigenvalue weighted by Gasteiger charge is 2.22. The topological polar surface area (TPSA) is 205 Å². The standard InChI is InChI=1S/C28H26O11/c29-8-7-19-14-25(35)23(33)12-17(19)3-2-16-11-22(32)24(34)13-18(16)4-6-27(36)39-26(28(37)38)10-15-1-5-20(30)21(31)9-15/h1-6,9,11-14,26,29-35H,7-8,10H2,(H,37,38)/t26-/m1/s1. The van der Waals surface area contributed by atoms with Gasteiger partial charge >= 0.3 is 11.9 Å². The second kappa shape index (κ2) is 12.4. The number of esters is 1. The van der Waals surface area contributed by atoms with E-state index in [0.717, 1.165) is 18.2 Å². The van der Waals surface area contributed by atoms with Crippen molar-refractivity contribution < 1.29 is 55.2 Å². The number of benzene rings is 3. The van der Waals surface area contributed by atoms with Crippen LogP contribution >= 0.6 is 0 Å². The first-order valence-electron chi connectivity index (χ1n) is 11.5. The van der Waals surface area contributed by atoms with Crippen molar-refractivity contribution in [3.63, 3.8) is 0 Å². The van der Waals surface area contributed by atoms with Gasteiger partial charge in [-0.15, -0.1) is 0 Å². The molecule has 1 atom stereocenters. The monoisotopic (exact) mass is 538 g/mol. The Labute approximate surface area is 222 Å². The Balaban J connectivity index is 1.84. The minimum absolute atomic E-state index is 0.182. The Bertz CT molecular complexity index is 1440. The zero-order valence-corrected chi connectivity index (χ0v) is 20.4. The second-order valence-corrected chi connectivity index (χ2v) is 8.44. The highest BCUT2D eigenvalue weighted by atomic mass is 16.6. The van der Waals surface area contributed by atoms with Crippen molar-refractivity contribution in [2.24, 2.45) is 0 Å². The number of aromatic hydroxyl groups is 6. The van der Waals surface area contributed by atoms with E-state index < -0.39 is 35.3 Å². The van der Waals surface area contributed by atoms with Gasteiger partial charge in [0.05, 0.1) is 0 Å². The van der Waals surface area contributed by atoms with Crippen molar-refractivity contribution in [1.29, 1.82) is 0 Å². The minimum Gasteiger partial charge on any atom is -0.504 e. The fraction of sp³-hybridized carbons (Fsp3) is 0.143. The molecule has 0 bridgehead atoms. The van der Waals surface area contributed by atoms with Gasteiger partial charge in [-0.1, -0.05) is 18.2 Å². The van der Waals surface area contributed by atoms with Crippen LogP contribution < -0.4 is 0 Å². The third-order valence-electron chi connectivity index (χ3n) is 5.63. The number of phenolic OH excluding ortho intramolecular Hbond substituents is 6. The number of carbonyl (C=O) groups is 2. The SMILES string of the molecule is O=C(C=Cc1cc(O)c(O)cc1C=Cc1cc(O)c(O)cc1CCO)O[C@H](Cc1ccc(O)c(O)c1)C(=O)O. The quantitative estimate of drug-likeness (QED) is 0.0815. The summed E-state index contributed by atoms with van der Waals surface area (Å²) in [6.07, 6.45) is 3.47. The van der Waals surface area contributed by atoms with Crippen LogP contribution in [-0.2, 0) is 27.2 Å². The Hall–Kier alpha value is -5.16. The maximum atomic E-state index is 12.4. The summed E-state index contributed by atoms with van der Waals surface area (Å²) in [4.78, 5) is 24.0. The molecule has 3 aromatic carbocycles. The fourth-order valence-corrected chi connectivity index (χ4v) is 3.63. The molecule has 0 aromatic heterocycles. The van der Waals surface area contributed by atoms with Crippen LogP contribution in [0.25, 0.3) is 18.2 Å². The molecule has 0 saturated carbocycles. The van der Waals surface area contributed by atoms with Gasteiger partial charge in [-0.3, -0.25) is 0 Å². The Morgan fingerprint density at radius 1 is 0.718 bits per heavy atom. The van der Waals surface area contributed by atoms with E-state index >= 15 is 0 Å². The number of aliphatic carboxylic acids is 1. The summed E-state index contributed by atoms with van der Waals surface area (Å²) in [6.45, 7) is -0.216. The van der Waals surface area contributed by atoms with Crippen LogP contribution in [0.15, 0.2) is 48.5 Å². The minimum atomic E-state index is -1.61. The molecule has 0 aliphatic rings. The summed E-state index contributed by atoms with van der Waals surface area (Å²) < 4.78 is 5.02. The van der Waals surface area contributed by atoms with Gasteiger partial charge < -0.3 is 45.6 Å². The van der Waals surface area contributed by atoms with E-state index in [4.69, 9.17) is 4.74 Å². The highest BCUT2D eigenvalue weighted by Crippen LogP contribution is 2.33. The number of hydrogen-bond donors (Lipinski definition) is 8. The summed E-state index contributed by atoms with van der Waals surface area (Å²) in [6, 6.07) is 8.64. The van der Waals surface area contributed by atoms with Gasteiger partial charge in [0, 0.05) is 19.1 Å². The third-order valence-corrected chi connectivity index (χ3v) is 5.63. The molecular formula is C28H26O11. The number of phenols is 6. The number of carboxylic acids is 1. The predicted molar refractivity (Wildman–Crippen MR) is 139 cm³/mol. The zero-order chi connectivity index (χ0) is 28.7. The van der Waals surface area contributed by atoms with Gasteiger partial charge in [-0.25, -0.2) is 9.59 Å². The molecule has 0 fully saturated rings. The molecule has 39 heavy (non-hydrogen) atoms. The molecule has 0 unspecified atom stereocenters. The van der Waals surface area contributed by atoms with Crippen LogP contribution in [0.5, 0.6) is 34.5 Å². The first-order valence-corrected chi connectivity index (χ1v) is 11.5. The summed E-state index contributed by atoms with van der Waals surface area (Å²) in [5.74, 6) is -5.00. The summed E-state index contributed by atoms with van der Waals surface area (Å²) in [5, 5.41) is 77.3. The van der Waals surface area contributed by atoms with Crippen molar-refractivity contribution in [3.05, 3.63) is 76.4 Å².